The van der Waals surface area contributed by atoms with Gasteiger partial charge in [-0.3, -0.25) is 4.79 Å². The van der Waals surface area contributed by atoms with Gasteiger partial charge in [0.15, 0.2) is 0 Å². The lowest BCUT2D eigenvalue weighted by atomic mass is 9.55. The van der Waals surface area contributed by atoms with Gasteiger partial charge >= 0.3 is 5.97 Å². The van der Waals surface area contributed by atoms with E-state index in [-0.39, 0.29) is 11.4 Å². The summed E-state index contributed by atoms with van der Waals surface area (Å²) in [6.07, 6.45) is 4.93. The molecule has 0 aromatic carbocycles. The molecule has 1 atom stereocenters. The number of carbonyl (C=O) groups is 1. The molecule has 0 aromatic rings. The van der Waals surface area contributed by atoms with E-state index >= 15 is 0 Å². The number of nitrogens with two attached hydrogens (primary N) is 1. The summed E-state index contributed by atoms with van der Waals surface area (Å²) in [5.41, 5.74) is 5.08. The van der Waals surface area contributed by atoms with Gasteiger partial charge in [0.05, 0.1) is 5.41 Å². The van der Waals surface area contributed by atoms with Crippen molar-refractivity contribution in [3.05, 3.63) is 0 Å². The molecule has 0 radical (unpaired) electrons. The van der Waals surface area contributed by atoms with Gasteiger partial charge in [-0.2, -0.15) is 0 Å². The van der Waals surface area contributed by atoms with Gasteiger partial charge < -0.3 is 10.5 Å². The van der Waals surface area contributed by atoms with E-state index in [9.17, 15) is 4.79 Å². The first kappa shape index (κ1) is 18.5. The van der Waals surface area contributed by atoms with Crippen molar-refractivity contribution in [1.29, 1.82) is 0 Å². The Labute approximate surface area is 131 Å². The minimum Gasteiger partial charge on any atom is -0.460 e. The van der Waals surface area contributed by atoms with Crippen molar-refractivity contribution in [3.63, 3.8) is 0 Å². The standard InChI is InChI=1S/C18H35NO2/c1-8-18(16(2,3)4,15(20)21-17(5,6)7)13-9-11-14(19)12-10-13/h13-14H,8-12,19H2,1-7H3. The highest BCUT2D eigenvalue weighted by Crippen LogP contribution is 2.53. The molecule has 0 aromatic heterocycles. The average molecular weight is 297 g/mol. The molecule has 1 aliphatic rings. The molecule has 0 saturated heterocycles. The highest BCUT2D eigenvalue weighted by atomic mass is 16.6. The SMILES string of the molecule is CCC(C(=O)OC(C)(C)C)(C1CCC(N)CC1)C(C)(C)C. The van der Waals surface area contributed by atoms with Crippen molar-refractivity contribution in [3.8, 4) is 0 Å². The van der Waals surface area contributed by atoms with E-state index in [1.807, 2.05) is 20.8 Å². The van der Waals surface area contributed by atoms with Crippen LogP contribution in [-0.2, 0) is 9.53 Å². The molecule has 3 nitrogen and oxygen atoms in total. The Kier molecular flexibility index (Phi) is 5.52. The normalized spacial score (nSPS) is 27.0. The molecule has 1 unspecified atom stereocenters. The molecule has 0 spiro atoms. The fraction of sp³-hybridized carbons (Fsp3) is 0.944. The lowest BCUT2D eigenvalue weighted by Crippen LogP contribution is -2.52. The second-order valence-electron chi connectivity index (χ2n) is 8.69. The van der Waals surface area contributed by atoms with Gasteiger partial charge in [-0.05, 0) is 64.2 Å². The van der Waals surface area contributed by atoms with Crippen LogP contribution >= 0.6 is 0 Å². The molecule has 3 heteroatoms. The number of hydrogen-bond donors (Lipinski definition) is 1. The van der Waals surface area contributed by atoms with E-state index < -0.39 is 11.0 Å². The Hall–Kier alpha value is -0.570. The summed E-state index contributed by atoms with van der Waals surface area (Å²) in [6, 6.07) is 0.300. The first-order chi connectivity index (χ1) is 9.44. The Morgan fingerprint density at radius 2 is 1.52 bits per heavy atom. The number of ether oxygens (including phenoxy) is 1. The van der Waals surface area contributed by atoms with Crippen molar-refractivity contribution in [2.45, 2.75) is 92.2 Å². The highest BCUT2D eigenvalue weighted by molar-refractivity contribution is 5.78. The maximum absolute atomic E-state index is 13.1. The van der Waals surface area contributed by atoms with E-state index in [4.69, 9.17) is 10.5 Å². The lowest BCUT2D eigenvalue weighted by Gasteiger charge is -2.50. The Morgan fingerprint density at radius 1 is 1.05 bits per heavy atom. The predicted molar refractivity (Wildman–Crippen MR) is 88.0 cm³/mol. The van der Waals surface area contributed by atoms with Gasteiger partial charge in [-0.25, -0.2) is 0 Å². The Bertz CT molecular complexity index is 356. The van der Waals surface area contributed by atoms with Crippen molar-refractivity contribution in [2.24, 2.45) is 22.5 Å². The van der Waals surface area contributed by atoms with Crippen LogP contribution in [0.3, 0.4) is 0 Å². The van der Waals surface area contributed by atoms with Crippen molar-refractivity contribution in [1.82, 2.24) is 0 Å². The summed E-state index contributed by atoms with van der Waals surface area (Å²) in [6.45, 7) is 14.5. The number of carbonyl (C=O) groups excluding carboxylic acids is 1. The summed E-state index contributed by atoms with van der Waals surface area (Å²) in [4.78, 5) is 13.1. The van der Waals surface area contributed by atoms with Gasteiger partial charge in [0.25, 0.3) is 0 Å². The van der Waals surface area contributed by atoms with Crippen LogP contribution < -0.4 is 5.73 Å². The minimum atomic E-state index is -0.437. The van der Waals surface area contributed by atoms with Crippen molar-refractivity contribution >= 4 is 5.97 Å². The van der Waals surface area contributed by atoms with E-state index in [0.29, 0.717) is 12.0 Å². The molecule has 0 aliphatic heterocycles. The van der Waals surface area contributed by atoms with E-state index in [1.165, 1.54) is 0 Å². The average Bonchev–Trinajstić information content (AvgIpc) is 2.28. The third kappa shape index (κ3) is 4.00. The number of rotatable bonds is 3. The molecule has 124 valence electrons. The van der Waals surface area contributed by atoms with E-state index in [2.05, 4.69) is 27.7 Å². The molecule has 21 heavy (non-hydrogen) atoms. The zero-order valence-electron chi connectivity index (χ0n) is 15.1. The molecule has 1 saturated carbocycles. The maximum Gasteiger partial charge on any atom is 0.313 e. The van der Waals surface area contributed by atoms with E-state index in [1.54, 1.807) is 0 Å². The van der Waals surface area contributed by atoms with Crippen molar-refractivity contribution < 1.29 is 9.53 Å². The molecule has 1 fully saturated rings. The zero-order valence-corrected chi connectivity index (χ0v) is 15.1. The lowest BCUT2D eigenvalue weighted by molar-refractivity contribution is -0.183. The number of hydrogen-bond acceptors (Lipinski definition) is 3. The first-order valence-electron chi connectivity index (χ1n) is 8.43. The van der Waals surface area contributed by atoms with Gasteiger partial charge in [0, 0.05) is 6.04 Å². The summed E-state index contributed by atoms with van der Waals surface area (Å²) >= 11 is 0. The first-order valence-corrected chi connectivity index (χ1v) is 8.43. The van der Waals surface area contributed by atoms with E-state index in [0.717, 1.165) is 32.1 Å². The largest absolute Gasteiger partial charge is 0.460 e. The monoisotopic (exact) mass is 297 g/mol. The van der Waals surface area contributed by atoms with Crippen LogP contribution in [0.1, 0.15) is 80.6 Å². The molecule has 0 bridgehead atoms. The summed E-state index contributed by atoms with van der Waals surface area (Å²) < 4.78 is 5.83. The summed E-state index contributed by atoms with van der Waals surface area (Å²) in [5.74, 6) is 0.350. The Morgan fingerprint density at radius 3 is 1.86 bits per heavy atom. The minimum absolute atomic E-state index is 0.0227. The Balaban J connectivity index is 3.14. The van der Waals surface area contributed by atoms with Crippen LogP contribution in [-0.4, -0.2) is 17.6 Å². The molecule has 2 N–H and O–H groups in total. The zero-order chi connectivity index (χ0) is 16.5. The summed E-state index contributed by atoms with van der Waals surface area (Å²) in [5, 5.41) is 0. The quantitative estimate of drug-likeness (QED) is 0.791. The smallest absolute Gasteiger partial charge is 0.313 e. The van der Waals surface area contributed by atoms with Gasteiger partial charge in [-0.15, -0.1) is 0 Å². The maximum atomic E-state index is 13.1. The molecular formula is C18H35NO2. The second-order valence-corrected chi connectivity index (χ2v) is 8.69. The van der Waals surface area contributed by atoms with Crippen LogP contribution in [0.2, 0.25) is 0 Å². The molecule has 0 heterocycles. The fourth-order valence-electron chi connectivity index (χ4n) is 4.03. The third-order valence-electron chi connectivity index (χ3n) is 5.13. The van der Waals surface area contributed by atoms with Crippen LogP contribution in [0.25, 0.3) is 0 Å². The topological polar surface area (TPSA) is 52.3 Å². The van der Waals surface area contributed by atoms with Gasteiger partial charge in [0.1, 0.15) is 5.60 Å². The molecular weight excluding hydrogens is 262 g/mol. The fourth-order valence-corrected chi connectivity index (χ4v) is 4.03. The van der Waals surface area contributed by atoms with Crippen molar-refractivity contribution in [2.75, 3.05) is 0 Å². The predicted octanol–water partition coefficient (Wildman–Crippen LogP) is 4.29. The van der Waals surface area contributed by atoms with Crippen LogP contribution in [0.5, 0.6) is 0 Å². The molecule has 1 rings (SSSR count). The van der Waals surface area contributed by atoms with Gasteiger partial charge in [-0.1, -0.05) is 27.7 Å². The number of esters is 1. The second kappa shape index (κ2) is 6.28. The van der Waals surface area contributed by atoms with Crippen LogP contribution in [0, 0.1) is 16.7 Å². The molecule has 1 aliphatic carbocycles. The van der Waals surface area contributed by atoms with Crippen LogP contribution in [0.4, 0.5) is 0 Å². The highest BCUT2D eigenvalue weighted by Gasteiger charge is 2.54. The van der Waals surface area contributed by atoms with Crippen LogP contribution in [0.15, 0.2) is 0 Å². The summed E-state index contributed by atoms with van der Waals surface area (Å²) in [7, 11) is 0. The van der Waals surface area contributed by atoms with Gasteiger partial charge in [0.2, 0.25) is 0 Å². The third-order valence-corrected chi connectivity index (χ3v) is 5.13. The molecule has 0 amide bonds.